The predicted octanol–water partition coefficient (Wildman–Crippen LogP) is 7.01. The van der Waals surface area contributed by atoms with E-state index in [0.29, 0.717) is 34.6 Å². The van der Waals surface area contributed by atoms with Gasteiger partial charge in [-0.15, -0.1) is 6.58 Å². The van der Waals surface area contributed by atoms with Gasteiger partial charge in [-0.25, -0.2) is 9.37 Å². The van der Waals surface area contributed by atoms with Gasteiger partial charge in [-0.05, 0) is 66.4 Å². The van der Waals surface area contributed by atoms with E-state index in [1.54, 1.807) is 43.7 Å². The Hall–Kier alpha value is -3.78. The molecule has 1 atom stereocenters. The summed E-state index contributed by atoms with van der Waals surface area (Å²) in [5.41, 5.74) is 2.80. The molecule has 1 aromatic heterocycles. The van der Waals surface area contributed by atoms with Gasteiger partial charge in [0.2, 0.25) is 0 Å². The molecule has 1 heterocycles. The number of fused-ring (bicyclic) bond motifs is 1. The smallest absolute Gasteiger partial charge is 0.282 e. The molecule has 8 heteroatoms. The van der Waals surface area contributed by atoms with Gasteiger partial charge in [-0.1, -0.05) is 48.0 Å². The Balaban J connectivity index is 1.74. The first-order chi connectivity index (χ1) is 18.3. The van der Waals surface area contributed by atoms with Gasteiger partial charge < -0.3 is 9.47 Å². The van der Waals surface area contributed by atoms with Crippen molar-refractivity contribution in [2.24, 2.45) is 5.10 Å². The predicted molar refractivity (Wildman–Crippen MR) is 153 cm³/mol. The number of methoxy groups -OCH3 is 1. The first kappa shape index (κ1) is 27.3. The molecule has 0 fully saturated rings. The fourth-order valence-electron chi connectivity index (χ4n) is 4.02. The molecule has 0 aliphatic carbocycles. The van der Waals surface area contributed by atoms with Crippen molar-refractivity contribution >= 4 is 33.0 Å². The van der Waals surface area contributed by atoms with E-state index in [-0.39, 0.29) is 23.9 Å². The standard InChI is InChI=1S/C30H29BrFN3O3/c1-5-7-22-14-21(15-27(37-4)28(22)38-18-20-8-11-24(32)12-9-20)17-33-35-29(19(3)6-2)34-26-13-10-23(31)16-25(26)30(35)36/h5,8-17,19H,1,6-7,18H2,2-4H3/t19-/m0/s1. The van der Waals surface area contributed by atoms with E-state index < -0.39 is 0 Å². The van der Waals surface area contributed by atoms with Crippen LogP contribution in [0, 0.1) is 5.82 Å². The van der Waals surface area contributed by atoms with Crippen molar-refractivity contribution in [2.45, 2.75) is 39.2 Å². The molecule has 0 radical (unpaired) electrons. The van der Waals surface area contributed by atoms with Crippen LogP contribution in [0.2, 0.25) is 0 Å². The minimum atomic E-state index is -0.299. The quantitative estimate of drug-likeness (QED) is 0.150. The zero-order chi connectivity index (χ0) is 27.2. The van der Waals surface area contributed by atoms with Crippen molar-refractivity contribution in [1.82, 2.24) is 9.66 Å². The van der Waals surface area contributed by atoms with E-state index in [4.69, 9.17) is 14.5 Å². The van der Waals surface area contributed by atoms with Crippen LogP contribution in [0.15, 0.2) is 81.6 Å². The lowest BCUT2D eigenvalue weighted by molar-refractivity contribution is 0.282. The lowest BCUT2D eigenvalue weighted by Crippen LogP contribution is -2.23. The number of aromatic nitrogens is 2. The minimum Gasteiger partial charge on any atom is -0.493 e. The van der Waals surface area contributed by atoms with Crippen LogP contribution in [0.25, 0.3) is 10.9 Å². The average molecular weight is 578 g/mol. The fourth-order valence-corrected chi connectivity index (χ4v) is 4.38. The number of nitrogens with zero attached hydrogens (tertiary/aromatic N) is 3. The molecule has 0 spiro atoms. The summed E-state index contributed by atoms with van der Waals surface area (Å²) < 4.78 is 27.2. The van der Waals surface area contributed by atoms with Gasteiger partial charge in [0.25, 0.3) is 5.56 Å². The summed E-state index contributed by atoms with van der Waals surface area (Å²) in [5.74, 6) is 1.42. The van der Waals surface area contributed by atoms with Crippen LogP contribution in [-0.4, -0.2) is 23.0 Å². The monoisotopic (exact) mass is 577 g/mol. The summed E-state index contributed by atoms with van der Waals surface area (Å²) in [6.45, 7) is 8.19. The lowest BCUT2D eigenvalue weighted by Gasteiger charge is -2.16. The zero-order valence-corrected chi connectivity index (χ0v) is 23.2. The maximum absolute atomic E-state index is 13.4. The molecular weight excluding hydrogens is 549 g/mol. The molecule has 196 valence electrons. The molecule has 0 N–H and O–H groups in total. The third-order valence-electron chi connectivity index (χ3n) is 6.24. The van der Waals surface area contributed by atoms with E-state index in [0.717, 1.165) is 27.6 Å². The Morgan fingerprint density at radius 2 is 1.95 bits per heavy atom. The van der Waals surface area contributed by atoms with Crippen molar-refractivity contribution in [3.8, 4) is 11.5 Å². The molecule has 3 aromatic carbocycles. The van der Waals surface area contributed by atoms with Crippen LogP contribution in [0.3, 0.4) is 0 Å². The highest BCUT2D eigenvalue weighted by molar-refractivity contribution is 9.10. The molecule has 0 saturated heterocycles. The third kappa shape index (κ3) is 6.02. The van der Waals surface area contributed by atoms with Gasteiger partial charge in [0.15, 0.2) is 11.5 Å². The van der Waals surface area contributed by atoms with E-state index in [2.05, 4.69) is 27.6 Å². The SMILES string of the molecule is C=CCc1cc(C=Nn2c([C@@H](C)CC)nc3ccc(Br)cc3c2=O)cc(OC)c1OCc1ccc(F)cc1. The van der Waals surface area contributed by atoms with Crippen molar-refractivity contribution in [3.05, 3.63) is 110 Å². The molecule has 0 aliphatic heterocycles. The van der Waals surface area contributed by atoms with Crippen molar-refractivity contribution in [1.29, 1.82) is 0 Å². The van der Waals surface area contributed by atoms with Gasteiger partial charge >= 0.3 is 0 Å². The summed E-state index contributed by atoms with van der Waals surface area (Å²) in [6, 6.07) is 15.3. The maximum Gasteiger partial charge on any atom is 0.282 e. The van der Waals surface area contributed by atoms with E-state index in [1.165, 1.54) is 16.8 Å². The lowest BCUT2D eigenvalue weighted by atomic mass is 10.1. The third-order valence-corrected chi connectivity index (χ3v) is 6.74. The van der Waals surface area contributed by atoms with E-state index in [9.17, 15) is 9.18 Å². The van der Waals surface area contributed by atoms with Gasteiger partial charge in [-0.2, -0.15) is 9.78 Å². The summed E-state index contributed by atoms with van der Waals surface area (Å²) in [6.07, 6.45) is 4.73. The van der Waals surface area contributed by atoms with E-state index >= 15 is 0 Å². The first-order valence-corrected chi connectivity index (χ1v) is 13.1. The molecule has 0 amide bonds. The normalized spacial score (nSPS) is 12.1. The van der Waals surface area contributed by atoms with Crippen LogP contribution in [0.4, 0.5) is 4.39 Å². The summed E-state index contributed by atoms with van der Waals surface area (Å²) >= 11 is 3.44. The molecule has 38 heavy (non-hydrogen) atoms. The van der Waals surface area contributed by atoms with Crippen LogP contribution >= 0.6 is 15.9 Å². The maximum atomic E-state index is 13.4. The minimum absolute atomic E-state index is 0.0287. The highest BCUT2D eigenvalue weighted by atomic mass is 79.9. The molecular formula is C30H29BrFN3O3. The second kappa shape index (κ2) is 12.2. The molecule has 4 aromatic rings. The summed E-state index contributed by atoms with van der Waals surface area (Å²) in [4.78, 5) is 18.2. The highest BCUT2D eigenvalue weighted by Gasteiger charge is 2.17. The molecule has 0 saturated carbocycles. The Morgan fingerprint density at radius 3 is 2.63 bits per heavy atom. The van der Waals surface area contributed by atoms with Crippen LogP contribution < -0.4 is 15.0 Å². The second-order valence-corrected chi connectivity index (χ2v) is 9.84. The summed E-state index contributed by atoms with van der Waals surface area (Å²) in [5, 5.41) is 5.06. The number of hydrogen-bond acceptors (Lipinski definition) is 5. The average Bonchev–Trinajstić information content (AvgIpc) is 2.92. The fraction of sp³-hybridized carbons (Fsp3) is 0.233. The number of halogens is 2. The van der Waals surface area contributed by atoms with Crippen molar-refractivity contribution in [3.63, 3.8) is 0 Å². The van der Waals surface area contributed by atoms with Gasteiger partial charge in [0.05, 0.1) is 24.2 Å². The number of benzene rings is 3. The van der Waals surface area contributed by atoms with Crippen molar-refractivity contribution < 1.29 is 13.9 Å². The largest absolute Gasteiger partial charge is 0.493 e. The number of ether oxygens (including phenoxy) is 2. The van der Waals surface area contributed by atoms with E-state index in [1.807, 2.05) is 32.0 Å². The Labute approximate surface area is 229 Å². The molecule has 4 rings (SSSR count). The number of allylic oxidation sites excluding steroid dienone is 1. The first-order valence-electron chi connectivity index (χ1n) is 12.3. The molecule has 0 unspecified atom stereocenters. The Bertz CT molecular complexity index is 1550. The second-order valence-electron chi connectivity index (χ2n) is 8.92. The topological polar surface area (TPSA) is 65.7 Å². The van der Waals surface area contributed by atoms with Gasteiger partial charge in [0, 0.05) is 16.0 Å². The van der Waals surface area contributed by atoms with Crippen LogP contribution in [-0.2, 0) is 13.0 Å². The Kier molecular flexibility index (Phi) is 8.73. The molecule has 0 bridgehead atoms. The van der Waals surface area contributed by atoms with Crippen molar-refractivity contribution in [2.75, 3.05) is 7.11 Å². The highest BCUT2D eigenvalue weighted by Crippen LogP contribution is 2.34. The summed E-state index contributed by atoms with van der Waals surface area (Å²) in [7, 11) is 1.56. The van der Waals surface area contributed by atoms with Gasteiger partial charge in [0.1, 0.15) is 18.2 Å². The molecule has 0 aliphatic rings. The zero-order valence-electron chi connectivity index (χ0n) is 21.6. The number of rotatable bonds is 10. The number of hydrogen-bond donors (Lipinski definition) is 0. The van der Waals surface area contributed by atoms with Crippen LogP contribution in [0.1, 0.15) is 48.7 Å². The van der Waals surface area contributed by atoms with Gasteiger partial charge in [-0.3, -0.25) is 4.79 Å². The molecule has 6 nitrogen and oxygen atoms in total. The van der Waals surface area contributed by atoms with Crippen LogP contribution in [0.5, 0.6) is 11.5 Å². The Morgan fingerprint density at radius 1 is 1.18 bits per heavy atom.